The van der Waals surface area contributed by atoms with E-state index in [0.29, 0.717) is 0 Å². The molecule has 0 saturated heterocycles. The maximum Gasteiger partial charge on any atom is 0.0709 e. The van der Waals surface area contributed by atoms with Gasteiger partial charge in [-0.05, 0) is 25.7 Å². The Kier molecular flexibility index (Phi) is 19.7. The Hall–Kier alpha value is -0.160. The average Bonchev–Trinajstić information content (AvgIpc) is 3.34. The van der Waals surface area contributed by atoms with E-state index >= 15 is 0 Å². The monoisotopic (exact) mass is 331 g/mol. The Morgan fingerprint density at radius 1 is 0.696 bits per heavy atom. The highest BCUT2D eigenvalue weighted by Gasteiger charge is 2.15. The first kappa shape index (κ1) is 22.8. The lowest BCUT2D eigenvalue weighted by Gasteiger charge is -2.06. The molecule has 1 aliphatic rings. The summed E-state index contributed by atoms with van der Waals surface area (Å²) in [6.45, 7) is 5.99. The van der Waals surface area contributed by atoms with Crippen molar-refractivity contribution < 1.29 is 14.8 Å². The number of aliphatic hydroxyl groups is 1. The van der Waals surface area contributed by atoms with Crippen LogP contribution in [0, 0.1) is 0 Å². The zero-order chi connectivity index (χ0) is 17.0. The SMILES string of the molecule is CCCCCCCCONOCCCCCCCC.OC1CC1. The summed E-state index contributed by atoms with van der Waals surface area (Å²) < 4.78 is 0. The Bertz CT molecular complexity index is 195. The number of unbranched alkanes of at least 4 members (excludes halogenated alkanes) is 10. The molecule has 1 aliphatic carbocycles. The van der Waals surface area contributed by atoms with Crippen molar-refractivity contribution in [2.45, 2.75) is 110 Å². The molecular weight excluding hydrogens is 290 g/mol. The van der Waals surface area contributed by atoms with E-state index in [1.165, 1.54) is 64.2 Å². The van der Waals surface area contributed by atoms with Crippen molar-refractivity contribution in [3.8, 4) is 0 Å². The highest BCUT2D eigenvalue weighted by Crippen LogP contribution is 2.16. The minimum atomic E-state index is 0.0833. The largest absolute Gasteiger partial charge is 0.393 e. The van der Waals surface area contributed by atoms with Crippen LogP contribution in [-0.4, -0.2) is 24.4 Å². The summed E-state index contributed by atoms with van der Waals surface area (Å²) in [6.07, 6.45) is 17.7. The molecule has 0 bridgehead atoms. The summed E-state index contributed by atoms with van der Waals surface area (Å²) in [4.78, 5) is 10.4. The van der Waals surface area contributed by atoms with Gasteiger partial charge in [0, 0.05) is 0 Å². The van der Waals surface area contributed by atoms with Crippen LogP contribution in [-0.2, 0) is 9.68 Å². The van der Waals surface area contributed by atoms with Gasteiger partial charge in [0.2, 0.25) is 0 Å². The average molecular weight is 332 g/mol. The van der Waals surface area contributed by atoms with Gasteiger partial charge in [-0.1, -0.05) is 83.7 Å². The molecular formula is C19H41NO3. The molecule has 0 aromatic heterocycles. The number of aliphatic hydroxyl groups excluding tert-OH is 1. The number of hydrogen-bond donors (Lipinski definition) is 2. The van der Waals surface area contributed by atoms with Crippen molar-refractivity contribution in [2.24, 2.45) is 0 Å². The summed E-state index contributed by atoms with van der Waals surface area (Å²) in [6, 6.07) is 0. The van der Waals surface area contributed by atoms with E-state index in [2.05, 4.69) is 19.5 Å². The van der Waals surface area contributed by atoms with Crippen LogP contribution >= 0.6 is 0 Å². The molecule has 0 amide bonds. The van der Waals surface area contributed by atoms with Gasteiger partial charge in [0.1, 0.15) is 0 Å². The van der Waals surface area contributed by atoms with Gasteiger partial charge in [0.15, 0.2) is 0 Å². The van der Waals surface area contributed by atoms with Gasteiger partial charge in [-0.15, -0.1) is 0 Å². The second kappa shape index (κ2) is 19.9. The van der Waals surface area contributed by atoms with E-state index in [1.54, 1.807) is 0 Å². The first-order valence-corrected chi connectivity index (χ1v) is 9.97. The quantitative estimate of drug-likeness (QED) is 0.297. The van der Waals surface area contributed by atoms with Crippen molar-refractivity contribution >= 4 is 0 Å². The molecule has 1 fully saturated rings. The first-order valence-electron chi connectivity index (χ1n) is 9.97. The molecule has 0 aliphatic heterocycles. The smallest absolute Gasteiger partial charge is 0.0709 e. The fourth-order valence-electron chi connectivity index (χ4n) is 2.11. The highest BCUT2D eigenvalue weighted by atomic mass is 16.9. The van der Waals surface area contributed by atoms with E-state index in [4.69, 9.17) is 14.8 Å². The first-order chi connectivity index (χ1) is 11.3. The van der Waals surface area contributed by atoms with Gasteiger partial charge >= 0.3 is 0 Å². The molecule has 0 aromatic rings. The van der Waals surface area contributed by atoms with Gasteiger partial charge in [0.05, 0.1) is 19.3 Å². The Labute approximate surface area is 144 Å². The van der Waals surface area contributed by atoms with Gasteiger partial charge < -0.3 is 5.11 Å². The van der Waals surface area contributed by atoms with Gasteiger partial charge in [0.25, 0.3) is 0 Å². The predicted octanol–water partition coefficient (Wildman–Crippen LogP) is 5.30. The zero-order valence-electron chi connectivity index (χ0n) is 15.7. The van der Waals surface area contributed by atoms with Gasteiger partial charge in [-0.2, -0.15) is 0 Å². The Balaban J connectivity index is 0.00000104. The molecule has 0 heterocycles. The van der Waals surface area contributed by atoms with E-state index in [0.717, 1.165) is 38.9 Å². The summed E-state index contributed by atoms with van der Waals surface area (Å²) in [5, 5.41) is 8.17. The summed E-state index contributed by atoms with van der Waals surface area (Å²) in [7, 11) is 0. The van der Waals surface area contributed by atoms with Crippen molar-refractivity contribution in [2.75, 3.05) is 13.2 Å². The number of rotatable bonds is 16. The fourth-order valence-corrected chi connectivity index (χ4v) is 2.11. The van der Waals surface area contributed by atoms with Crippen LogP contribution in [0.2, 0.25) is 0 Å². The lowest BCUT2D eigenvalue weighted by atomic mass is 10.1. The summed E-state index contributed by atoms with van der Waals surface area (Å²) in [5.41, 5.74) is 2.59. The summed E-state index contributed by atoms with van der Waals surface area (Å²) >= 11 is 0. The molecule has 0 radical (unpaired) electrons. The van der Waals surface area contributed by atoms with E-state index in [1.807, 2.05) is 0 Å². The number of hydrogen-bond acceptors (Lipinski definition) is 4. The van der Waals surface area contributed by atoms with Crippen molar-refractivity contribution in [3.63, 3.8) is 0 Å². The van der Waals surface area contributed by atoms with Crippen molar-refractivity contribution in [1.29, 1.82) is 0 Å². The molecule has 4 heteroatoms. The van der Waals surface area contributed by atoms with Crippen LogP contribution in [0.4, 0.5) is 0 Å². The van der Waals surface area contributed by atoms with Crippen LogP contribution in [0.15, 0.2) is 0 Å². The minimum absolute atomic E-state index is 0.0833. The molecule has 0 atom stereocenters. The Morgan fingerprint density at radius 3 is 1.39 bits per heavy atom. The third-order valence-corrected chi connectivity index (χ3v) is 3.86. The number of nitrogens with one attached hydrogen (secondary N) is 1. The van der Waals surface area contributed by atoms with E-state index < -0.39 is 0 Å². The second-order valence-corrected chi connectivity index (χ2v) is 6.55. The van der Waals surface area contributed by atoms with Gasteiger partial charge in [-0.3, -0.25) is 9.68 Å². The standard InChI is InChI=1S/C16H35NO2.C3H6O/c1-3-5-7-9-11-13-15-18-17-19-16-14-12-10-8-6-4-2;4-3-1-2-3/h17H,3-16H2,1-2H3;3-4H,1-2H2. The van der Waals surface area contributed by atoms with Crippen molar-refractivity contribution in [1.82, 2.24) is 5.64 Å². The topological polar surface area (TPSA) is 50.7 Å². The fraction of sp³-hybridized carbons (Fsp3) is 1.00. The Morgan fingerprint density at radius 2 is 1.04 bits per heavy atom. The second-order valence-electron chi connectivity index (χ2n) is 6.55. The van der Waals surface area contributed by atoms with E-state index in [-0.39, 0.29) is 6.10 Å². The third-order valence-electron chi connectivity index (χ3n) is 3.86. The van der Waals surface area contributed by atoms with E-state index in [9.17, 15) is 0 Å². The molecule has 0 unspecified atom stereocenters. The zero-order valence-corrected chi connectivity index (χ0v) is 15.7. The minimum Gasteiger partial charge on any atom is -0.393 e. The van der Waals surface area contributed by atoms with Crippen molar-refractivity contribution in [3.05, 3.63) is 0 Å². The maximum atomic E-state index is 8.17. The van der Waals surface area contributed by atoms with Gasteiger partial charge in [-0.25, -0.2) is 0 Å². The van der Waals surface area contributed by atoms with Crippen LogP contribution in [0.3, 0.4) is 0 Å². The van der Waals surface area contributed by atoms with Crippen LogP contribution < -0.4 is 5.64 Å². The predicted molar refractivity (Wildman–Crippen MR) is 97.0 cm³/mol. The summed E-state index contributed by atoms with van der Waals surface area (Å²) in [5.74, 6) is 0. The molecule has 0 spiro atoms. The van der Waals surface area contributed by atoms with Crippen LogP contribution in [0.5, 0.6) is 0 Å². The lowest BCUT2D eigenvalue weighted by molar-refractivity contribution is -0.171. The van der Waals surface area contributed by atoms with Crippen LogP contribution in [0.1, 0.15) is 104 Å². The van der Waals surface area contributed by atoms with Crippen LogP contribution in [0.25, 0.3) is 0 Å². The molecule has 23 heavy (non-hydrogen) atoms. The molecule has 0 aromatic carbocycles. The molecule has 1 rings (SSSR count). The highest BCUT2D eigenvalue weighted by molar-refractivity contribution is 4.68. The molecule has 2 N–H and O–H groups in total. The third kappa shape index (κ3) is 24.2. The maximum absolute atomic E-state index is 8.17. The molecule has 1 saturated carbocycles. The molecule has 4 nitrogen and oxygen atoms in total. The molecule has 140 valence electrons. The normalized spacial score (nSPS) is 13.7. The lowest BCUT2D eigenvalue weighted by Crippen LogP contribution is -2.16.